The molecular formula is C18H22N2O5S. The summed E-state index contributed by atoms with van der Waals surface area (Å²) in [4.78, 5) is 25.8. The molecule has 1 aromatic rings. The number of aliphatic carboxylic acids is 1. The van der Waals surface area contributed by atoms with Crippen molar-refractivity contribution >= 4 is 21.9 Å². The van der Waals surface area contributed by atoms with E-state index in [1.165, 1.54) is 29.2 Å². The van der Waals surface area contributed by atoms with E-state index in [0.717, 1.165) is 12.8 Å². The molecule has 1 amide bonds. The molecule has 7 nitrogen and oxygen atoms in total. The van der Waals surface area contributed by atoms with Gasteiger partial charge < -0.3 is 10.0 Å². The minimum Gasteiger partial charge on any atom is -0.481 e. The van der Waals surface area contributed by atoms with E-state index in [1.54, 1.807) is 6.07 Å². The Kier molecular flexibility index (Phi) is 5.15. The van der Waals surface area contributed by atoms with Gasteiger partial charge in [0, 0.05) is 25.2 Å². The van der Waals surface area contributed by atoms with Gasteiger partial charge in [-0.05, 0) is 42.9 Å². The predicted octanol–water partition coefficient (Wildman–Crippen LogP) is 1.33. The summed E-state index contributed by atoms with van der Waals surface area (Å²) in [6.45, 7) is 4.14. The number of amides is 1. The van der Waals surface area contributed by atoms with E-state index in [1.807, 2.05) is 0 Å². The highest BCUT2D eigenvalue weighted by Crippen LogP contribution is 2.44. The maximum Gasteiger partial charge on any atom is 0.308 e. The van der Waals surface area contributed by atoms with Crippen LogP contribution in [-0.2, 0) is 14.8 Å². The zero-order valence-corrected chi connectivity index (χ0v) is 15.1. The lowest BCUT2D eigenvalue weighted by Gasteiger charge is -2.17. The Bertz CT molecular complexity index is 832. The van der Waals surface area contributed by atoms with E-state index in [2.05, 4.69) is 11.3 Å². The highest BCUT2D eigenvalue weighted by molar-refractivity contribution is 7.89. The molecule has 0 unspecified atom stereocenters. The summed E-state index contributed by atoms with van der Waals surface area (Å²) >= 11 is 0. The second kappa shape index (κ2) is 7.20. The van der Waals surface area contributed by atoms with Crippen LogP contribution in [-0.4, -0.2) is 49.9 Å². The van der Waals surface area contributed by atoms with Gasteiger partial charge in [-0.25, -0.2) is 13.1 Å². The van der Waals surface area contributed by atoms with Gasteiger partial charge in [0.2, 0.25) is 10.0 Å². The second-order valence-corrected chi connectivity index (χ2v) is 8.59. The molecule has 1 aliphatic heterocycles. The summed E-state index contributed by atoms with van der Waals surface area (Å²) < 4.78 is 26.8. The molecule has 140 valence electrons. The van der Waals surface area contributed by atoms with Gasteiger partial charge in [0.05, 0.1) is 10.8 Å². The van der Waals surface area contributed by atoms with Gasteiger partial charge >= 0.3 is 5.97 Å². The number of rotatable bonds is 7. The predicted molar refractivity (Wildman–Crippen MR) is 95.1 cm³/mol. The smallest absolute Gasteiger partial charge is 0.308 e. The van der Waals surface area contributed by atoms with Gasteiger partial charge in [-0.3, -0.25) is 9.59 Å². The Morgan fingerprint density at radius 2 is 2.04 bits per heavy atom. The first kappa shape index (κ1) is 18.6. The molecule has 0 spiro atoms. The fourth-order valence-corrected chi connectivity index (χ4v) is 4.53. The molecule has 8 heteroatoms. The summed E-state index contributed by atoms with van der Waals surface area (Å²) in [5.74, 6) is -1.39. The topological polar surface area (TPSA) is 104 Å². The van der Waals surface area contributed by atoms with Crippen molar-refractivity contribution in [3.8, 4) is 0 Å². The van der Waals surface area contributed by atoms with Crippen LogP contribution in [0.5, 0.6) is 0 Å². The van der Waals surface area contributed by atoms with Crippen molar-refractivity contribution < 1.29 is 23.1 Å². The molecule has 0 radical (unpaired) electrons. The van der Waals surface area contributed by atoms with E-state index in [-0.39, 0.29) is 35.4 Å². The highest BCUT2D eigenvalue weighted by atomic mass is 32.2. The van der Waals surface area contributed by atoms with Crippen molar-refractivity contribution in [2.24, 2.45) is 17.8 Å². The van der Waals surface area contributed by atoms with Crippen LogP contribution in [0.3, 0.4) is 0 Å². The van der Waals surface area contributed by atoms with Gasteiger partial charge in [0.1, 0.15) is 0 Å². The third kappa shape index (κ3) is 3.81. The maximum atomic E-state index is 12.8. The van der Waals surface area contributed by atoms with Crippen LogP contribution in [0.1, 0.15) is 23.2 Å². The lowest BCUT2D eigenvalue weighted by molar-refractivity contribution is -0.142. The highest BCUT2D eigenvalue weighted by Gasteiger charge is 2.46. The number of benzene rings is 1. The summed E-state index contributed by atoms with van der Waals surface area (Å²) in [6, 6.07) is 5.81. The molecule has 2 atom stereocenters. The number of carbonyl (C=O) groups is 2. The lowest BCUT2D eigenvalue weighted by atomic mass is 9.92. The largest absolute Gasteiger partial charge is 0.481 e. The minimum atomic E-state index is -3.73. The molecule has 1 saturated heterocycles. The van der Waals surface area contributed by atoms with E-state index in [9.17, 15) is 23.1 Å². The molecule has 26 heavy (non-hydrogen) atoms. The first-order valence-corrected chi connectivity index (χ1v) is 10.0. The second-order valence-electron chi connectivity index (χ2n) is 6.82. The van der Waals surface area contributed by atoms with Crippen molar-refractivity contribution in [2.75, 3.05) is 19.6 Å². The molecule has 1 saturated carbocycles. The minimum absolute atomic E-state index is 0.00192. The zero-order chi connectivity index (χ0) is 18.9. The standard InChI is InChI=1S/C18H22N2O5S/c1-2-8-19-26(24,25)14-5-3-4-13(9-14)17(21)20-10-15(12-6-7-12)16(11-20)18(22)23/h2-5,9,12,15-16,19H,1,6-8,10-11H2,(H,22,23)/t15-,16+/m1/s1. The van der Waals surface area contributed by atoms with Crippen molar-refractivity contribution in [3.05, 3.63) is 42.5 Å². The summed E-state index contributed by atoms with van der Waals surface area (Å²) in [5, 5.41) is 9.43. The van der Waals surface area contributed by atoms with Crippen LogP contribution < -0.4 is 4.72 Å². The Balaban J connectivity index is 1.79. The molecule has 2 N–H and O–H groups in total. The zero-order valence-electron chi connectivity index (χ0n) is 14.3. The average Bonchev–Trinajstić information content (AvgIpc) is 3.37. The Morgan fingerprint density at radius 1 is 1.31 bits per heavy atom. The summed E-state index contributed by atoms with van der Waals surface area (Å²) in [6.07, 6.45) is 3.46. The number of likely N-dealkylation sites (tertiary alicyclic amines) is 1. The maximum absolute atomic E-state index is 12.8. The van der Waals surface area contributed by atoms with Crippen molar-refractivity contribution in [1.29, 1.82) is 0 Å². The van der Waals surface area contributed by atoms with Gasteiger partial charge in [0.25, 0.3) is 5.91 Å². The first-order chi connectivity index (χ1) is 12.3. The number of nitrogens with one attached hydrogen (secondary N) is 1. The molecule has 2 aliphatic rings. The average molecular weight is 378 g/mol. The molecule has 0 bridgehead atoms. The first-order valence-electron chi connectivity index (χ1n) is 8.56. The number of carbonyl (C=O) groups excluding carboxylic acids is 1. The molecule has 1 aromatic carbocycles. The van der Waals surface area contributed by atoms with Crippen molar-refractivity contribution in [1.82, 2.24) is 9.62 Å². The Morgan fingerprint density at radius 3 is 2.65 bits per heavy atom. The number of carboxylic acids is 1. The molecule has 1 aliphatic carbocycles. The van der Waals surface area contributed by atoms with Crippen LogP contribution in [0, 0.1) is 17.8 Å². The van der Waals surface area contributed by atoms with Crippen molar-refractivity contribution in [2.45, 2.75) is 17.7 Å². The SMILES string of the molecule is C=CCNS(=O)(=O)c1cccc(C(=O)N2C[C@H](C(=O)O)[C@@H](C3CC3)C2)c1. The van der Waals surface area contributed by atoms with Gasteiger partial charge in [-0.2, -0.15) is 0 Å². The van der Waals surface area contributed by atoms with E-state index in [4.69, 9.17) is 0 Å². The third-order valence-corrected chi connectivity index (χ3v) is 6.43. The molecular weight excluding hydrogens is 356 g/mol. The number of hydrogen-bond donors (Lipinski definition) is 2. The van der Waals surface area contributed by atoms with E-state index in [0.29, 0.717) is 12.5 Å². The lowest BCUT2D eigenvalue weighted by Crippen LogP contribution is -2.30. The van der Waals surface area contributed by atoms with Gasteiger partial charge in [0.15, 0.2) is 0 Å². The fourth-order valence-electron chi connectivity index (χ4n) is 3.49. The number of carboxylic acid groups (broad SMARTS) is 1. The third-order valence-electron chi connectivity index (χ3n) is 5.01. The van der Waals surface area contributed by atoms with E-state index < -0.39 is 21.9 Å². The molecule has 3 rings (SSSR count). The fraction of sp³-hybridized carbons (Fsp3) is 0.444. The summed E-state index contributed by atoms with van der Waals surface area (Å²) in [7, 11) is -3.73. The number of sulfonamides is 1. The van der Waals surface area contributed by atoms with Crippen LogP contribution in [0.4, 0.5) is 0 Å². The monoisotopic (exact) mass is 378 g/mol. The Hall–Kier alpha value is -2.19. The van der Waals surface area contributed by atoms with Gasteiger partial charge in [-0.15, -0.1) is 6.58 Å². The molecule has 1 heterocycles. The number of nitrogens with zero attached hydrogens (tertiary/aromatic N) is 1. The molecule has 2 fully saturated rings. The van der Waals surface area contributed by atoms with E-state index >= 15 is 0 Å². The van der Waals surface area contributed by atoms with Gasteiger partial charge in [-0.1, -0.05) is 12.1 Å². The Labute approximate surface area is 152 Å². The quantitative estimate of drug-likeness (QED) is 0.697. The van der Waals surface area contributed by atoms with Crippen LogP contribution in [0.2, 0.25) is 0 Å². The van der Waals surface area contributed by atoms with Crippen molar-refractivity contribution in [3.63, 3.8) is 0 Å². The van der Waals surface area contributed by atoms with Crippen LogP contribution in [0.25, 0.3) is 0 Å². The molecule has 0 aromatic heterocycles. The van der Waals surface area contributed by atoms with Crippen LogP contribution in [0.15, 0.2) is 41.8 Å². The summed E-state index contributed by atoms with van der Waals surface area (Å²) in [5.41, 5.74) is 0.243. The van der Waals surface area contributed by atoms with Crippen LogP contribution >= 0.6 is 0 Å². The normalized spacial score (nSPS) is 23.0. The number of hydrogen-bond acceptors (Lipinski definition) is 4.